The van der Waals surface area contributed by atoms with Gasteiger partial charge >= 0.3 is 0 Å². The molecule has 0 saturated carbocycles. The third-order valence-corrected chi connectivity index (χ3v) is 6.03. The van der Waals surface area contributed by atoms with Crippen LogP contribution in [0.2, 0.25) is 0 Å². The number of amides is 1. The largest absolute Gasteiger partial charge is 0.508 e. The average molecular weight is 381 g/mol. The molecular weight excluding hydrogens is 354 g/mol. The van der Waals surface area contributed by atoms with Gasteiger partial charge in [-0.2, -0.15) is 0 Å². The molecular formula is C22H27N3O3. The van der Waals surface area contributed by atoms with Gasteiger partial charge in [0.05, 0.1) is 24.4 Å². The van der Waals surface area contributed by atoms with Crippen LogP contribution in [0.3, 0.4) is 0 Å². The number of carbonyl (C=O) groups excluding carboxylic acids is 1. The van der Waals surface area contributed by atoms with Crippen LogP contribution in [0.4, 0.5) is 0 Å². The summed E-state index contributed by atoms with van der Waals surface area (Å²) in [5, 5.41) is 9.62. The van der Waals surface area contributed by atoms with Crippen LogP contribution in [-0.4, -0.2) is 64.6 Å². The number of likely N-dealkylation sites (N-methyl/N-ethyl adjacent to an activating group) is 1. The van der Waals surface area contributed by atoms with Crippen molar-refractivity contribution in [3.8, 4) is 5.75 Å². The molecule has 0 radical (unpaired) electrons. The Morgan fingerprint density at radius 2 is 2.14 bits per heavy atom. The Balaban J connectivity index is 1.31. The number of likely N-dealkylation sites (tertiary alicyclic amines) is 2. The van der Waals surface area contributed by atoms with Crippen LogP contribution in [0.1, 0.15) is 28.9 Å². The average Bonchev–Trinajstić information content (AvgIpc) is 2.68. The summed E-state index contributed by atoms with van der Waals surface area (Å²) < 4.78 is 5.92. The highest BCUT2D eigenvalue weighted by atomic mass is 16.5. The van der Waals surface area contributed by atoms with E-state index in [4.69, 9.17) is 4.74 Å². The fourth-order valence-corrected chi connectivity index (χ4v) is 4.36. The van der Waals surface area contributed by atoms with Gasteiger partial charge in [0, 0.05) is 24.8 Å². The van der Waals surface area contributed by atoms with Gasteiger partial charge < -0.3 is 14.7 Å². The highest BCUT2D eigenvalue weighted by Gasteiger charge is 2.50. The molecule has 6 heteroatoms. The fraction of sp³-hybridized carbons (Fsp3) is 0.455. The van der Waals surface area contributed by atoms with E-state index >= 15 is 0 Å². The third-order valence-electron chi connectivity index (χ3n) is 6.03. The second kappa shape index (κ2) is 7.89. The Hall–Kier alpha value is -2.44. The predicted octanol–water partition coefficient (Wildman–Crippen LogP) is 2.54. The number of phenolic OH excluding ortho intramolecular Hbond substituents is 1. The van der Waals surface area contributed by atoms with Gasteiger partial charge in [-0.15, -0.1) is 0 Å². The number of aromatic nitrogens is 1. The maximum Gasteiger partial charge on any atom is 0.254 e. The van der Waals surface area contributed by atoms with Crippen molar-refractivity contribution in [1.82, 2.24) is 14.8 Å². The summed E-state index contributed by atoms with van der Waals surface area (Å²) in [6, 6.07) is 12.4. The van der Waals surface area contributed by atoms with E-state index in [1.54, 1.807) is 24.4 Å². The van der Waals surface area contributed by atoms with Gasteiger partial charge in [-0.3, -0.25) is 14.7 Å². The van der Waals surface area contributed by atoms with Crippen molar-refractivity contribution < 1.29 is 14.6 Å². The molecule has 3 heterocycles. The van der Waals surface area contributed by atoms with E-state index in [9.17, 15) is 9.90 Å². The van der Waals surface area contributed by atoms with Gasteiger partial charge in [0.15, 0.2) is 0 Å². The molecule has 1 aromatic heterocycles. The Bertz CT molecular complexity index is 821. The lowest BCUT2D eigenvalue weighted by Gasteiger charge is -2.58. The molecule has 4 rings (SSSR count). The standard InChI is InChI=1S/C22H27N3O3/c1-24-10-8-17(13-28-14-19-6-2-3-9-23-19)12-22(24)15-25(16-22)21(27)18-5-4-7-20(26)11-18/h2-7,9,11,17,26H,8,10,12-16H2,1H3/t17-/m1/s1. The SMILES string of the molecule is CN1CC[C@@H](COCc2ccccn2)CC12CN(C(=O)c1cccc(O)c1)C2. The van der Waals surface area contributed by atoms with Gasteiger partial charge in [0.2, 0.25) is 0 Å². The van der Waals surface area contributed by atoms with Gasteiger partial charge in [0.25, 0.3) is 5.91 Å². The maximum atomic E-state index is 12.7. The summed E-state index contributed by atoms with van der Waals surface area (Å²) in [6.45, 7) is 3.75. The van der Waals surface area contributed by atoms with Crippen molar-refractivity contribution in [2.45, 2.75) is 25.0 Å². The van der Waals surface area contributed by atoms with Crippen LogP contribution in [0, 0.1) is 5.92 Å². The van der Waals surface area contributed by atoms with Crippen LogP contribution < -0.4 is 0 Å². The van der Waals surface area contributed by atoms with Gasteiger partial charge in [-0.05, 0) is 62.7 Å². The Morgan fingerprint density at radius 3 is 2.89 bits per heavy atom. The first kappa shape index (κ1) is 18.9. The lowest BCUT2D eigenvalue weighted by molar-refractivity contribution is -0.0769. The summed E-state index contributed by atoms with van der Waals surface area (Å²) >= 11 is 0. The van der Waals surface area contributed by atoms with E-state index in [-0.39, 0.29) is 17.2 Å². The van der Waals surface area contributed by atoms with Crippen molar-refractivity contribution in [1.29, 1.82) is 0 Å². The number of hydrogen-bond donors (Lipinski definition) is 1. The fourth-order valence-electron chi connectivity index (χ4n) is 4.36. The molecule has 1 atom stereocenters. The summed E-state index contributed by atoms with van der Waals surface area (Å²) in [5.74, 6) is 0.613. The van der Waals surface area contributed by atoms with E-state index in [0.29, 0.717) is 18.1 Å². The van der Waals surface area contributed by atoms with E-state index < -0.39 is 0 Å². The summed E-state index contributed by atoms with van der Waals surface area (Å²) in [4.78, 5) is 21.3. The lowest BCUT2D eigenvalue weighted by atomic mass is 9.75. The van der Waals surface area contributed by atoms with Gasteiger partial charge in [0.1, 0.15) is 5.75 Å². The molecule has 1 amide bonds. The number of ether oxygens (including phenoxy) is 1. The number of piperidine rings is 1. The molecule has 1 spiro atoms. The molecule has 1 N–H and O–H groups in total. The number of benzene rings is 1. The highest BCUT2D eigenvalue weighted by molar-refractivity contribution is 5.95. The van der Waals surface area contributed by atoms with Crippen molar-refractivity contribution >= 4 is 5.91 Å². The molecule has 2 aliphatic rings. The van der Waals surface area contributed by atoms with Crippen molar-refractivity contribution in [3.05, 3.63) is 59.9 Å². The maximum absolute atomic E-state index is 12.7. The van der Waals surface area contributed by atoms with Crippen LogP contribution >= 0.6 is 0 Å². The number of hydrogen-bond acceptors (Lipinski definition) is 5. The number of rotatable bonds is 5. The molecule has 2 aromatic rings. The van der Waals surface area contributed by atoms with Gasteiger partial charge in [-0.1, -0.05) is 12.1 Å². The number of carbonyl (C=O) groups is 1. The Kier molecular flexibility index (Phi) is 5.33. The predicted molar refractivity (Wildman–Crippen MR) is 106 cm³/mol. The minimum atomic E-state index is -0.0107. The monoisotopic (exact) mass is 381 g/mol. The topological polar surface area (TPSA) is 65.9 Å². The van der Waals surface area contributed by atoms with Crippen molar-refractivity contribution in [2.75, 3.05) is 33.3 Å². The van der Waals surface area contributed by atoms with Crippen LogP contribution in [-0.2, 0) is 11.3 Å². The van der Waals surface area contributed by atoms with E-state index in [1.165, 1.54) is 6.07 Å². The molecule has 0 aliphatic carbocycles. The smallest absolute Gasteiger partial charge is 0.254 e. The molecule has 6 nitrogen and oxygen atoms in total. The quantitative estimate of drug-likeness (QED) is 0.862. The van der Waals surface area contributed by atoms with Crippen LogP contribution in [0.5, 0.6) is 5.75 Å². The molecule has 0 bridgehead atoms. The van der Waals surface area contributed by atoms with Crippen LogP contribution in [0.15, 0.2) is 48.7 Å². The number of aromatic hydroxyl groups is 1. The molecule has 2 fully saturated rings. The Morgan fingerprint density at radius 1 is 1.29 bits per heavy atom. The first-order valence-electron chi connectivity index (χ1n) is 9.83. The van der Waals surface area contributed by atoms with Gasteiger partial charge in [-0.25, -0.2) is 0 Å². The molecule has 148 valence electrons. The number of nitrogens with zero attached hydrogens (tertiary/aromatic N) is 3. The highest BCUT2D eigenvalue weighted by Crippen LogP contribution is 2.39. The third kappa shape index (κ3) is 3.88. The molecule has 2 saturated heterocycles. The summed E-state index contributed by atoms with van der Waals surface area (Å²) in [6.07, 6.45) is 3.94. The number of phenols is 1. The summed E-state index contributed by atoms with van der Waals surface area (Å²) in [5.41, 5.74) is 1.55. The zero-order valence-electron chi connectivity index (χ0n) is 16.3. The van der Waals surface area contributed by atoms with E-state index in [1.807, 2.05) is 23.1 Å². The molecule has 1 aromatic carbocycles. The molecule has 2 aliphatic heterocycles. The van der Waals surface area contributed by atoms with E-state index in [2.05, 4.69) is 16.9 Å². The first-order chi connectivity index (χ1) is 13.6. The number of pyridine rings is 1. The van der Waals surface area contributed by atoms with Crippen molar-refractivity contribution in [2.24, 2.45) is 5.92 Å². The zero-order valence-corrected chi connectivity index (χ0v) is 16.3. The minimum absolute atomic E-state index is 0.0107. The summed E-state index contributed by atoms with van der Waals surface area (Å²) in [7, 11) is 2.15. The lowest BCUT2D eigenvalue weighted by Crippen LogP contribution is -2.72. The minimum Gasteiger partial charge on any atom is -0.508 e. The van der Waals surface area contributed by atoms with Crippen molar-refractivity contribution in [3.63, 3.8) is 0 Å². The normalized spacial score (nSPS) is 21.5. The molecule has 0 unspecified atom stereocenters. The zero-order chi connectivity index (χ0) is 19.6. The second-order valence-corrected chi connectivity index (χ2v) is 8.05. The Labute approximate surface area is 165 Å². The van der Waals surface area contributed by atoms with Crippen LogP contribution in [0.25, 0.3) is 0 Å². The van der Waals surface area contributed by atoms with E-state index in [0.717, 1.165) is 44.8 Å². The first-order valence-corrected chi connectivity index (χ1v) is 9.83. The second-order valence-electron chi connectivity index (χ2n) is 8.05. The molecule has 28 heavy (non-hydrogen) atoms.